The Labute approximate surface area is 235 Å². The highest BCUT2D eigenvalue weighted by atomic mass is 16.5. The molecule has 40 heavy (non-hydrogen) atoms. The van der Waals surface area contributed by atoms with Gasteiger partial charge in [-0.05, 0) is 31.7 Å². The molecule has 5 rings (SSSR count). The fraction of sp³-hybridized carbons (Fsp3) is 0.452. The van der Waals surface area contributed by atoms with Crippen molar-refractivity contribution >= 4 is 12.0 Å². The molecule has 3 atom stereocenters. The fourth-order valence-electron chi connectivity index (χ4n) is 6.18. The summed E-state index contributed by atoms with van der Waals surface area (Å²) in [5, 5.41) is 21.4. The van der Waals surface area contributed by atoms with Gasteiger partial charge in [0, 0.05) is 31.8 Å². The summed E-state index contributed by atoms with van der Waals surface area (Å²) in [6.45, 7) is 3.40. The van der Waals surface area contributed by atoms with Gasteiger partial charge < -0.3 is 29.3 Å². The van der Waals surface area contributed by atoms with Crippen LogP contribution in [0.5, 0.6) is 0 Å². The highest BCUT2D eigenvalue weighted by Crippen LogP contribution is 2.41. The number of piperazine rings is 1. The Morgan fingerprint density at radius 2 is 1.77 bits per heavy atom. The summed E-state index contributed by atoms with van der Waals surface area (Å²) in [6.07, 6.45) is 4.48. The van der Waals surface area contributed by atoms with Crippen LogP contribution in [0.15, 0.2) is 67.0 Å². The predicted octanol–water partition coefficient (Wildman–Crippen LogP) is 4.48. The van der Waals surface area contributed by atoms with Crippen LogP contribution in [0.1, 0.15) is 54.7 Å². The molecule has 2 amide bonds. The first-order valence-corrected chi connectivity index (χ1v) is 14.2. The molecular weight excluding hydrogens is 508 g/mol. The van der Waals surface area contributed by atoms with Crippen molar-refractivity contribution in [2.45, 2.75) is 56.7 Å². The molecule has 0 bridgehead atoms. The zero-order valence-corrected chi connectivity index (χ0v) is 23.0. The first-order chi connectivity index (χ1) is 19.4. The molecule has 1 aliphatic heterocycles. The highest BCUT2D eigenvalue weighted by molar-refractivity contribution is 5.98. The first-order valence-electron chi connectivity index (χ1n) is 14.2. The van der Waals surface area contributed by atoms with Crippen molar-refractivity contribution in [2.75, 3.05) is 32.8 Å². The van der Waals surface area contributed by atoms with E-state index in [1.807, 2.05) is 72.2 Å². The van der Waals surface area contributed by atoms with E-state index >= 15 is 0 Å². The second kappa shape index (κ2) is 12.2. The van der Waals surface area contributed by atoms with E-state index in [1.54, 1.807) is 11.2 Å². The maximum atomic E-state index is 14.3. The molecule has 2 unspecified atom stereocenters. The Balaban J connectivity index is 1.53. The van der Waals surface area contributed by atoms with Crippen LogP contribution in [0.3, 0.4) is 0 Å². The third kappa shape index (κ3) is 5.76. The number of carbonyl (C=O) groups excluding carboxylic acids is 1. The maximum Gasteiger partial charge on any atom is 0.407 e. The zero-order chi connectivity index (χ0) is 28.1. The van der Waals surface area contributed by atoms with Gasteiger partial charge in [0.25, 0.3) is 5.91 Å². The average molecular weight is 547 g/mol. The minimum absolute atomic E-state index is 0.222. The van der Waals surface area contributed by atoms with E-state index in [-0.39, 0.29) is 44.2 Å². The molecule has 2 aliphatic rings. The number of aromatic nitrogens is 2. The van der Waals surface area contributed by atoms with E-state index in [2.05, 4.69) is 4.98 Å². The second-order valence-corrected chi connectivity index (χ2v) is 10.8. The van der Waals surface area contributed by atoms with Crippen molar-refractivity contribution in [2.24, 2.45) is 0 Å². The van der Waals surface area contributed by atoms with Crippen molar-refractivity contribution < 1.29 is 24.5 Å². The van der Waals surface area contributed by atoms with Crippen molar-refractivity contribution in [3.8, 4) is 11.3 Å². The maximum absolute atomic E-state index is 14.3. The van der Waals surface area contributed by atoms with Crippen LogP contribution in [0.4, 0.5) is 4.79 Å². The third-order valence-electron chi connectivity index (χ3n) is 8.22. The lowest BCUT2D eigenvalue weighted by atomic mass is 9.80. The summed E-state index contributed by atoms with van der Waals surface area (Å²) >= 11 is 0. The van der Waals surface area contributed by atoms with Gasteiger partial charge in [-0.3, -0.25) is 4.79 Å². The van der Waals surface area contributed by atoms with E-state index in [4.69, 9.17) is 4.74 Å². The molecular formula is C31H38N4O5. The Bertz CT molecular complexity index is 1300. The van der Waals surface area contributed by atoms with Crippen LogP contribution in [0.25, 0.3) is 11.3 Å². The number of ether oxygens (including phenoxy) is 1. The van der Waals surface area contributed by atoms with Crippen LogP contribution < -0.4 is 0 Å². The minimum Gasteiger partial charge on any atom is -0.465 e. The van der Waals surface area contributed by atoms with Crippen molar-refractivity contribution in [1.29, 1.82) is 0 Å². The molecule has 9 nitrogen and oxygen atoms in total. The molecule has 2 aromatic carbocycles. The molecule has 0 radical (unpaired) electrons. The molecule has 9 heteroatoms. The van der Waals surface area contributed by atoms with Crippen LogP contribution in [-0.4, -0.2) is 86.1 Å². The van der Waals surface area contributed by atoms with Gasteiger partial charge in [-0.2, -0.15) is 0 Å². The van der Waals surface area contributed by atoms with E-state index < -0.39 is 11.7 Å². The van der Waals surface area contributed by atoms with Crippen molar-refractivity contribution in [3.05, 3.63) is 78.2 Å². The minimum atomic E-state index is -1.07. The monoisotopic (exact) mass is 546 g/mol. The molecule has 2 N–H and O–H groups in total. The molecule has 2 heterocycles. The standard InChI is InChI=1S/C31H38N4O5/c1-2-40-21-31(39)16-10-9-15-26(31)35-22-32-27(28(35)24-13-7-4-8-14-24)29(36)34-18-17-33(30(37)38)20-25(34)19-23-11-5-3-6-12-23/h3-8,11-14,22,25-26,39H,2,9-10,15-21H2,1H3,(H,37,38)/t25-,26?,31?/m1/s1. The van der Waals surface area contributed by atoms with E-state index in [9.17, 15) is 19.8 Å². The quantitative estimate of drug-likeness (QED) is 0.431. The molecule has 2 fully saturated rings. The van der Waals surface area contributed by atoms with E-state index in [0.29, 0.717) is 30.8 Å². The molecule has 1 saturated carbocycles. The van der Waals surface area contributed by atoms with Crippen LogP contribution >= 0.6 is 0 Å². The summed E-state index contributed by atoms with van der Waals surface area (Å²) in [4.78, 5) is 34.0. The summed E-state index contributed by atoms with van der Waals surface area (Å²) in [5.41, 5.74) is 1.80. The lowest BCUT2D eigenvalue weighted by molar-refractivity contribution is -0.0972. The lowest BCUT2D eigenvalue weighted by Gasteiger charge is -2.41. The number of aliphatic hydroxyl groups is 1. The average Bonchev–Trinajstić information content (AvgIpc) is 3.42. The Morgan fingerprint density at radius 1 is 1.05 bits per heavy atom. The van der Waals surface area contributed by atoms with Gasteiger partial charge in [-0.1, -0.05) is 73.5 Å². The summed E-state index contributed by atoms with van der Waals surface area (Å²) in [5.74, 6) is -0.229. The van der Waals surface area contributed by atoms with Crippen LogP contribution in [0.2, 0.25) is 0 Å². The third-order valence-corrected chi connectivity index (χ3v) is 8.22. The van der Waals surface area contributed by atoms with Crippen molar-refractivity contribution in [3.63, 3.8) is 0 Å². The zero-order valence-electron chi connectivity index (χ0n) is 23.0. The van der Waals surface area contributed by atoms with Crippen molar-refractivity contribution in [1.82, 2.24) is 19.4 Å². The number of imidazole rings is 1. The van der Waals surface area contributed by atoms with E-state index in [1.165, 1.54) is 4.90 Å². The number of benzene rings is 2. The Hall–Kier alpha value is -3.69. The Kier molecular flexibility index (Phi) is 8.52. The normalized spacial score (nSPS) is 23.2. The number of rotatable bonds is 8. The smallest absolute Gasteiger partial charge is 0.407 e. The van der Waals surface area contributed by atoms with Gasteiger partial charge >= 0.3 is 6.09 Å². The number of amides is 2. The predicted molar refractivity (Wildman–Crippen MR) is 151 cm³/mol. The molecule has 1 aromatic heterocycles. The molecule has 1 saturated heterocycles. The van der Waals surface area contributed by atoms with Crippen LogP contribution in [0, 0.1) is 0 Å². The summed E-state index contributed by atoms with van der Waals surface area (Å²) in [6, 6.07) is 18.9. The highest BCUT2D eigenvalue weighted by Gasteiger charge is 2.43. The summed E-state index contributed by atoms with van der Waals surface area (Å²) < 4.78 is 7.68. The summed E-state index contributed by atoms with van der Waals surface area (Å²) in [7, 11) is 0. The van der Waals surface area contributed by atoms with E-state index in [0.717, 1.165) is 30.4 Å². The first kappa shape index (κ1) is 27.9. The topological polar surface area (TPSA) is 108 Å². The van der Waals surface area contributed by atoms with Crippen LogP contribution in [-0.2, 0) is 11.2 Å². The van der Waals surface area contributed by atoms with Gasteiger partial charge in [-0.25, -0.2) is 9.78 Å². The lowest BCUT2D eigenvalue weighted by Crippen LogP contribution is -2.57. The second-order valence-electron chi connectivity index (χ2n) is 10.8. The fourth-order valence-corrected chi connectivity index (χ4v) is 6.18. The molecule has 212 valence electrons. The Morgan fingerprint density at radius 3 is 2.48 bits per heavy atom. The number of carbonyl (C=O) groups is 2. The molecule has 3 aromatic rings. The largest absolute Gasteiger partial charge is 0.465 e. The molecule has 0 spiro atoms. The number of nitrogens with zero attached hydrogens (tertiary/aromatic N) is 4. The number of hydrogen-bond donors (Lipinski definition) is 2. The number of hydrogen-bond acceptors (Lipinski definition) is 5. The van der Waals surface area contributed by atoms with Gasteiger partial charge in [0.15, 0.2) is 5.69 Å². The van der Waals surface area contributed by atoms with Gasteiger partial charge in [-0.15, -0.1) is 0 Å². The van der Waals surface area contributed by atoms with Gasteiger partial charge in [0.2, 0.25) is 0 Å². The SMILES string of the molecule is CCOCC1(O)CCCCC1n1cnc(C(=O)N2CCN(C(=O)O)C[C@H]2Cc2ccccc2)c1-c1ccccc1. The van der Waals surface area contributed by atoms with Gasteiger partial charge in [0.05, 0.1) is 30.7 Å². The number of carboxylic acid groups (broad SMARTS) is 1. The van der Waals surface area contributed by atoms with Gasteiger partial charge in [0.1, 0.15) is 5.60 Å². The molecule has 1 aliphatic carbocycles.